The first-order chi connectivity index (χ1) is 7.93. The zero-order valence-corrected chi connectivity index (χ0v) is 11.7. The Bertz CT molecular complexity index is 388. The second-order valence-corrected chi connectivity index (χ2v) is 5.44. The van der Waals surface area contributed by atoms with Gasteiger partial charge in [0, 0.05) is 11.1 Å². The maximum absolute atomic E-state index is 10.9. The van der Waals surface area contributed by atoms with Gasteiger partial charge in [0.05, 0.1) is 12.0 Å². The van der Waals surface area contributed by atoms with Crippen LogP contribution in [0.15, 0.2) is 28.7 Å². The number of halogens is 1. The molecule has 17 heavy (non-hydrogen) atoms. The molecule has 3 nitrogen and oxygen atoms in total. The highest BCUT2D eigenvalue weighted by molar-refractivity contribution is 9.10. The lowest BCUT2D eigenvalue weighted by Gasteiger charge is -2.18. The van der Waals surface area contributed by atoms with Crippen molar-refractivity contribution in [3.05, 3.63) is 34.3 Å². The van der Waals surface area contributed by atoms with E-state index in [0.717, 1.165) is 10.0 Å². The van der Waals surface area contributed by atoms with Crippen LogP contribution in [0.25, 0.3) is 0 Å². The molecule has 1 N–H and O–H groups in total. The smallest absolute Gasteiger partial charge is 0.309 e. The summed E-state index contributed by atoms with van der Waals surface area (Å²) in [5, 5.41) is 8.94. The van der Waals surface area contributed by atoms with Crippen molar-refractivity contribution in [2.75, 3.05) is 6.61 Å². The number of hydrogen-bond acceptors (Lipinski definition) is 2. The third-order valence-corrected chi connectivity index (χ3v) is 3.44. The first kappa shape index (κ1) is 14.2. The number of carbonyl (C=O) groups is 1. The molecule has 94 valence electrons. The molecule has 1 aromatic rings. The Labute approximate surface area is 110 Å². The second-order valence-electron chi connectivity index (χ2n) is 4.58. The van der Waals surface area contributed by atoms with Crippen LogP contribution in [0.4, 0.5) is 0 Å². The van der Waals surface area contributed by atoms with Crippen LogP contribution in [-0.2, 0) is 16.1 Å². The zero-order valence-electron chi connectivity index (χ0n) is 10.1. The largest absolute Gasteiger partial charge is 0.481 e. The third-order valence-electron chi connectivity index (χ3n) is 2.67. The van der Waals surface area contributed by atoms with Gasteiger partial charge in [-0.1, -0.05) is 34.1 Å². The summed E-state index contributed by atoms with van der Waals surface area (Å²) in [7, 11) is 0. The van der Waals surface area contributed by atoms with Crippen LogP contribution in [-0.4, -0.2) is 17.7 Å². The molecule has 1 rings (SSSR count). The molecule has 0 amide bonds. The standard InChI is InChI=1S/C13H17BrO3/c1-13(2,12(15)16)7-8-17-9-10-5-3-4-6-11(10)14/h3-6H,7-9H2,1-2H3,(H,15,16). The predicted octanol–water partition coefficient (Wildman–Crippen LogP) is 3.47. The molecule has 0 bridgehead atoms. The number of carboxylic acid groups (broad SMARTS) is 1. The molecule has 0 aliphatic rings. The average molecular weight is 301 g/mol. The molecule has 0 radical (unpaired) electrons. The summed E-state index contributed by atoms with van der Waals surface area (Å²) in [5.74, 6) is -0.790. The minimum atomic E-state index is -0.790. The molecule has 0 unspecified atom stereocenters. The fourth-order valence-electron chi connectivity index (χ4n) is 1.23. The van der Waals surface area contributed by atoms with E-state index in [1.54, 1.807) is 13.8 Å². The number of carboxylic acids is 1. The first-order valence-corrected chi connectivity index (χ1v) is 6.27. The Morgan fingerprint density at radius 1 is 1.41 bits per heavy atom. The number of ether oxygens (including phenoxy) is 1. The highest BCUT2D eigenvalue weighted by Crippen LogP contribution is 2.21. The minimum absolute atomic E-state index is 0.445. The monoisotopic (exact) mass is 300 g/mol. The van der Waals surface area contributed by atoms with Crippen molar-refractivity contribution < 1.29 is 14.6 Å². The summed E-state index contributed by atoms with van der Waals surface area (Å²) in [6.07, 6.45) is 0.507. The Balaban J connectivity index is 2.35. The first-order valence-electron chi connectivity index (χ1n) is 5.48. The Morgan fingerprint density at radius 3 is 2.65 bits per heavy atom. The van der Waals surface area contributed by atoms with Gasteiger partial charge in [-0.15, -0.1) is 0 Å². The van der Waals surface area contributed by atoms with Crippen molar-refractivity contribution in [1.29, 1.82) is 0 Å². The Kier molecular flexibility index (Phi) is 5.15. The van der Waals surface area contributed by atoms with Gasteiger partial charge in [0.15, 0.2) is 0 Å². The molecule has 0 aromatic heterocycles. The molecule has 0 spiro atoms. The normalized spacial score (nSPS) is 11.5. The highest BCUT2D eigenvalue weighted by atomic mass is 79.9. The SMILES string of the molecule is CC(C)(CCOCc1ccccc1Br)C(=O)O. The fourth-order valence-corrected chi connectivity index (χ4v) is 1.63. The van der Waals surface area contributed by atoms with E-state index in [1.807, 2.05) is 24.3 Å². The topological polar surface area (TPSA) is 46.5 Å². The van der Waals surface area contributed by atoms with Crippen LogP contribution in [0.1, 0.15) is 25.8 Å². The molecule has 0 saturated heterocycles. The van der Waals surface area contributed by atoms with E-state index in [4.69, 9.17) is 9.84 Å². The quantitative estimate of drug-likeness (QED) is 0.818. The lowest BCUT2D eigenvalue weighted by atomic mass is 9.90. The second kappa shape index (κ2) is 6.17. The van der Waals surface area contributed by atoms with E-state index >= 15 is 0 Å². The van der Waals surface area contributed by atoms with E-state index in [1.165, 1.54) is 0 Å². The number of hydrogen-bond donors (Lipinski definition) is 1. The van der Waals surface area contributed by atoms with Gasteiger partial charge >= 0.3 is 5.97 Å². The maximum Gasteiger partial charge on any atom is 0.309 e. The van der Waals surface area contributed by atoms with Crippen molar-refractivity contribution in [1.82, 2.24) is 0 Å². The molecule has 0 aliphatic heterocycles. The summed E-state index contributed by atoms with van der Waals surface area (Å²) >= 11 is 3.44. The van der Waals surface area contributed by atoms with Crippen molar-refractivity contribution in [3.8, 4) is 0 Å². The van der Waals surface area contributed by atoms with Gasteiger partial charge in [-0.3, -0.25) is 4.79 Å². The van der Waals surface area contributed by atoms with Gasteiger partial charge < -0.3 is 9.84 Å². The molecule has 0 saturated carbocycles. The van der Waals surface area contributed by atoms with Crippen LogP contribution >= 0.6 is 15.9 Å². The lowest BCUT2D eigenvalue weighted by molar-refractivity contribution is -0.148. The molecule has 0 heterocycles. The van der Waals surface area contributed by atoms with Gasteiger partial charge in [-0.25, -0.2) is 0 Å². The van der Waals surface area contributed by atoms with Gasteiger partial charge in [-0.2, -0.15) is 0 Å². The Morgan fingerprint density at radius 2 is 2.06 bits per heavy atom. The van der Waals surface area contributed by atoms with E-state index in [0.29, 0.717) is 19.6 Å². The average Bonchev–Trinajstić information content (AvgIpc) is 2.26. The van der Waals surface area contributed by atoms with Crippen LogP contribution in [0.3, 0.4) is 0 Å². The highest BCUT2D eigenvalue weighted by Gasteiger charge is 2.26. The van der Waals surface area contributed by atoms with Crippen molar-refractivity contribution in [3.63, 3.8) is 0 Å². The van der Waals surface area contributed by atoms with Gasteiger partial charge in [0.2, 0.25) is 0 Å². The van der Waals surface area contributed by atoms with Crippen molar-refractivity contribution in [2.45, 2.75) is 26.9 Å². The van der Waals surface area contributed by atoms with E-state index in [9.17, 15) is 4.79 Å². The number of benzene rings is 1. The lowest BCUT2D eigenvalue weighted by Crippen LogP contribution is -2.25. The van der Waals surface area contributed by atoms with Crippen LogP contribution in [0.2, 0.25) is 0 Å². The molecule has 1 aromatic carbocycles. The molecular formula is C13H17BrO3. The fraction of sp³-hybridized carbons (Fsp3) is 0.462. The van der Waals surface area contributed by atoms with E-state index < -0.39 is 11.4 Å². The molecule has 4 heteroatoms. The molecule has 0 aliphatic carbocycles. The summed E-state index contributed by atoms with van der Waals surface area (Å²) in [5.41, 5.74) is 0.342. The van der Waals surface area contributed by atoms with Gasteiger partial charge in [-0.05, 0) is 31.9 Å². The number of aliphatic carboxylic acids is 1. The zero-order chi connectivity index (χ0) is 12.9. The summed E-state index contributed by atoms with van der Waals surface area (Å²) in [6, 6.07) is 7.83. The van der Waals surface area contributed by atoms with Crippen LogP contribution in [0, 0.1) is 5.41 Å². The van der Waals surface area contributed by atoms with Crippen molar-refractivity contribution in [2.24, 2.45) is 5.41 Å². The summed E-state index contributed by atoms with van der Waals surface area (Å²) in [4.78, 5) is 10.9. The molecular weight excluding hydrogens is 284 g/mol. The van der Waals surface area contributed by atoms with Crippen LogP contribution in [0.5, 0.6) is 0 Å². The van der Waals surface area contributed by atoms with E-state index in [-0.39, 0.29) is 0 Å². The molecule has 0 atom stereocenters. The van der Waals surface area contributed by atoms with Gasteiger partial charge in [0.25, 0.3) is 0 Å². The summed E-state index contributed by atoms with van der Waals surface area (Å²) < 4.78 is 6.50. The van der Waals surface area contributed by atoms with Crippen LogP contribution < -0.4 is 0 Å². The predicted molar refractivity (Wildman–Crippen MR) is 69.8 cm³/mol. The molecule has 0 fully saturated rings. The summed E-state index contributed by atoms with van der Waals surface area (Å²) in [6.45, 7) is 4.35. The minimum Gasteiger partial charge on any atom is -0.481 e. The Hall–Kier alpha value is -0.870. The van der Waals surface area contributed by atoms with Gasteiger partial charge in [0.1, 0.15) is 0 Å². The van der Waals surface area contributed by atoms with Crippen molar-refractivity contribution >= 4 is 21.9 Å². The van der Waals surface area contributed by atoms with E-state index in [2.05, 4.69) is 15.9 Å². The maximum atomic E-state index is 10.9. The third kappa shape index (κ3) is 4.48. The number of rotatable bonds is 6.